The Bertz CT molecular complexity index is 461. The minimum absolute atomic E-state index is 0.0512. The van der Waals surface area contributed by atoms with Crippen molar-refractivity contribution >= 4 is 5.91 Å². The maximum absolute atomic E-state index is 12.1. The molecule has 1 N–H and O–H groups in total. The minimum atomic E-state index is -0.562. The topological polar surface area (TPSA) is 47.6 Å². The Kier molecular flexibility index (Phi) is 5.37. The SMILES string of the molecule is CC(C)c1ccc(C(=O)NCCC2(C)OCCCO2)cc1. The van der Waals surface area contributed by atoms with Gasteiger partial charge in [-0.25, -0.2) is 0 Å². The average molecular weight is 291 g/mol. The third-order valence-corrected chi connectivity index (χ3v) is 3.81. The average Bonchev–Trinajstić information content (AvgIpc) is 2.48. The van der Waals surface area contributed by atoms with E-state index in [0.29, 0.717) is 24.4 Å². The summed E-state index contributed by atoms with van der Waals surface area (Å²) in [6.07, 6.45) is 1.59. The smallest absolute Gasteiger partial charge is 0.251 e. The Morgan fingerprint density at radius 3 is 2.43 bits per heavy atom. The second-order valence-electron chi connectivity index (χ2n) is 5.97. The summed E-state index contributed by atoms with van der Waals surface area (Å²) in [6.45, 7) is 8.19. The fourth-order valence-electron chi connectivity index (χ4n) is 2.35. The van der Waals surface area contributed by atoms with E-state index in [4.69, 9.17) is 9.47 Å². The molecule has 0 aliphatic carbocycles. The van der Waals surface area contributed by atoms with Crippen molar-refractivity contribution in [1.29, 1.82) is 0 Å². The molecular weight excluding hydrogens is 266 g/mol. The van der Waals surface area contributed by atoms with Crippen molar-refractivity contribution in [1.82, 2.24) is 5.32 Å². The summed E-state index contributed by atoms with van der Waals surface area (Å²) in [7, 11) is 0. The van der Waals surface area contributed by atoms with E-state index < -0.39 is 5.79 Å². The summed E-state index contributed by atoms with van der Waals surface area (Å²) >= 11 is 0. The summed E-state index contributed by atoms with van der Waals surface area (Å²) in [5, 5.41) is 2.92. The molecule has 1 saturated heterocycles. The van der Waals surface area contributed by atoms with E-state index >= 15 is 0 Å². The Hall–Kier alpha value is -1.39. The number of carbonyl (C=O) groups is 1. The van der Waals surface area contributed by atoms with Gasteiger partial charge in [0.25, 0.3) is 5.91 Å². The highest BCUT2D eigenvalue weighted by atomic mass is 16.7. The van der Waals surface area contributed by atoms with Crippen molar-refractivity contribution in [3.05, 3.63) is 35.4 Å². The van der Waals surface area contributed by atoms with Crippen molar-refractivity contribution in [2.45, 2.75) is 45.3 Å². The number of hydrogen-bond acceptors (Lipinski definition) is 3. The van der Waals surface area contributed by atoms with Gasteiger partial charge in [-0.2, -0.15) is 0 Å². The first-order valence-electron chi connectivity index (χ1n) is 7.66. The zero-order valence-electron chi connectivity index (χ0n) is 13.1. The van der Waals surface area contributed by atoms with Gasteiger partial charge < -0.3 is 14.8 Å². The Balaban J connectivity index is 1.81. The van der Waals surface area contributed by atoms with Crippen molar-refractivity contribution < 1.29 is 14.3 Å². The van der Waals surface area contributed by atoms with E-state index in [9.17, 15) is 4.79 Å². The van der Waals surface area contributed by atoms with Gasteiger partial charge in [0.2, 0.25) is 0 Å². The second kappa shape index (κ2) is 7.05. The third kappa shape index (κ3) is 4.55. The monoisotopic (exact) mass is 291 g/mol. The lowest BCUT2D eigenvalue weighted by Gasteiger charge is -2.33. The normalized spacial score (nSPS) is 17.7. The molecule has 1 amide bonds. The highest BCUT2D eigenvalue weighted by molar-refractivity contribution is 5.94. The van der Waals surface area contributed by atoms with Crippen LogP contribution >= 0.6 is 0 Å². The molecule has 0 unspecified atom stereocenters. The first-order valence-corrected chi connectivity index (χ1v) is 7.66. The van der Waals surface area contributed by atoms with Gasteiger partial charge in [0.1, 0.15) is 0 Å². The second-order valence-corrected chi connectivity index (χ2v) is 5.97. The van der Waals surface area contributed by atoms with Crippen LogP contribution < -0.4 is 5.32 Å². The largest absolute Gasteiger partial charge is 0.352 e. The van der Waals surface area contributed by atoms with Gasteiger partial charge in [-0.3, -0.25) is 4.79 Å². The zero-order valence-corrected chi connectivity index (χ0v) is 13.1. The lowest BCUT2D eigenvalue weighted by Crippen LogP contribution is -2.40. The fourth-order valence-corrected chi connectivity index (χ4v) is 2.35. The highest BCUT2D eigenvalue weighted by Gasteiger charge is 2.28. The van der Waals surface area contributed by atoms with Crippen LogP contribution in [0.1, 0.15) is 55.5 Å². The molecule has 116 valence electrons. The summed E-state index contributed by atoms with van der Waals surface area (Å²) in [4.78, 5) is 12.1. The van der Waals surface area contributed by atoms with Crippen LogP contribution in [0, 0.1) is 0 Å². The molecule has 1 aromatic carbocycles. The Morgan fingerprint density at radius 1 is 1.24 bits per heavy atom. The van der Waals surface area contributed by atoms with Crippen molar-refractivity contribution in [3.8, 4) is 0 Å². The first kappa shape index (κ1) is 16.0. The van der Waals surface area contributed by atoms with Gasteiger partial charge in [0, 0.05) is 18.5 Å². The molecule has 0 bridgehead atoms. The number of amides is 1. The van der Waals surface area contributed by atoms with Crippen LogP contribution in [0.2, 0.25) is 0 Å². The van der Waals surface area contributed by atoms with E-state index in [1.807, 2.05) is 31.2 Å². The standard InChI is InChI=1S/C17H25NO3/c1-13(2)14-5-7-15(8-6-14)16(19)18-10-9-17(3)20-11-4-12-21-17/h5-8,13H,4,9-12H2,1-3H3,(H,18,19). The molecule has 0 atom stereocenters. The third-order valence-electron chi connectivity index (χ3n) is 3.81. The van der Waals surface area contributed by atoms with Gasteiger partial charge in [-0.15, -0.1) is 0 Å². The van der Waals surface area contributed by atoms with Gasteiger partial charge in [0.05, 0.1) is 13.2 Å². The van der Waals surface area contributed by atoms with E-state index in [1.165, 1.54) is 5.56 Å². The number of benzene rings is 1. The Morgan fingerprint density at radius 2 is 1.86 bits per heavy atom. The van der Waals surface area contributed by atoms with E-state index in [2.05, 4.69) is 19.2 Å². The van der Waals surface area contributed by atoms with Crippen molar-refractivity contribution in [2.24, 2.45) is 0 Å². The fraction of sp³-hybridized carbons (Fsp3) is 0.588. The molecule has 0 radical (unpaired) electrons. The minimum Gasteiger partial charge on any atom is -0.352 e. The number of hydrogen-bond donors (Lipinski definition) is 1. The predicted molar refractivity (Wildman–Crippen MR) is 82.4 cm³/mol. The van der Waals surface area contributed by atoms with Crippen LogP contribution in [-0.4, -0.2) is 31.5 Å². The molecule has 21 heavy (non-hydrogen) atoms. The van der Waals surface area contributed by atoms with Gasteiger partial charge in [-0.05, 0) is 37.0 Å². The quantitative estimate of drug-likeness (QED) is 0.907. The van der Waals surface area contributed by atoms with Crippen molar-refractivity contribution in [3.63, 3.8) is 0 Å². The van der Waals surface area contributed by atoms with Gasteiger partial charge in [0.15, 0.2) is 5.79 Å². The van der Waals surface area contributed by atoms with E-state index in [1.54, 1.807) is 0 Å². The first-order chi connectivity index (χ1) is 10.0. The van der Waals surface area contributed by atoms with Gasteiger partial charge >= 0.3 is 0 Å². The molecule has 4 heteroatoms. The lowest BCUT2D eigenvalue weighted by molar-refractivity contribution is -0.257. The number of nitrogens with one attached hydrogen (secondary N) is 1. The van der Waals surface area contributed by atoms with Crippen LogP contribution in [0.25, 0.3) is 0 Å². The molecule has 1 aliphatic heterocycles. The molecule has 0 aromatic heterocycles. The van der Waals surface area contributed by atoms with Crippen LogP contribution in [0.15, 0.2) is 24.3 Å². The maximum Gasteiger partial charge on any atom is 0.251 e. The molecule has 2 rings (SSSR count). The molecule has 1 fully saturated rings. The molecule has 0 saturated carbocycles. The lowest BCUT2D eigenvalue weighted by atomic mass is 10.0. The van der Waals surface area contributed by atoms with E-state index in [0.717, 1.165) is 19.6 Å². The number of rotatable bonds is 5. The van der Waals surface area contributed by atoms with Crippen LogP contribution in [0.3, 0.4) is 0 Å². The Labute approximate surface area is 126 Å². The summed E-state index contributed by atoms with van der Waals surface area (Å²) < 4.78 is 11.2. The molecule has 1 aromatic rings. The molecular formula is C17H25NO3. The zero-order chi connectivity index (χ0) is 15.3. The predicted octanol–water partition coefficient (Wildman–Crippen LogP) is 3.08. The van der Waals surface area contributed by atoms with Crippen molar-refractivity contribution in [2.75, 3.05) is 19.8 Å². The van der Waals surface area contributed by atoms with Gasteiger partial charge in [-0.1, -0.05) is 26.0 Å². The maximum atomic E-state index is 12.1. The molecule has 0 spiro atoms. The summed E-state index contributed by atoms with van der Waals surface area (Å²) in [6, 6.07) is 7.77. The van der Waals surface area contributed by atoms with Crippen LogP contribution in [0.4, 0.5) is 0 Å². The highest BCUT2D eigenvalue weighted by Crippen LogP contribution is 2.21. The molecule has 4 nitrogen and oxygen atoms in total. The van der Waals surface area contributed by atoms with Crippen LogP contribution in [0.5, 0.6) is 0 Å². The van der Waals surface area contributed by atoms with E-state index in [-0.39, 0.29) is 5.91 Å². The molecule has 1 aliphatic rings. The molecule has 1 heterocycles. The van der Waals surface area contributed by atoms with Crippen LogP contribution in [-0.2, 0) is 9.47 Å². The summed E-state index contributed by atoms with van der Waals surface area (Å²) in [5.41, 5.74) is 1.93. The number of ether oxygens (including phenoxy) is 2. The number of carbonyl (C=O) groups excluding carboxylic acids is 1. The summed E-state index contributed by atoms with van der Waals surface area (Å²) in [5.74, 6) is -0.139.